The van der Waals surface area contributed by atoms with Gasteiger partial charge in [0.15, 0.2) is 0 Å². The van der Waals surface area contributed by atoms with Crippen molar-refractivity contribution in [1.82, 2.24) is 4.90 Å². The van der Waals surface area contributed by atoms with Crippen molar-refractivity contribution < 1.29 is 4.74 Å². The fourth-order valence-electron chi connectivity index (χ4n) is 2.84. The van der Waals surface area contributed by atoms with Crippen molar-refractivity contribution in [2.75, 3.05) is 27.2 Å². The van der Waals surface area contributed by atoms with Gasteiger partial charge in [-0.1, -0.05) is 19.4 Å². The third-order valence-electron chi connectivity index (χ3n) is 3.99. The number of unbranched alkanes of at least 4 members (excludes halogenated alkanes) is 1. The van der Waals surface area contributed by atoms with Crippen molar-refractivity contribution in [2.45, 2.75) is 39.0 Å². The van der Waals surface area contributed by atoms with E-state index in [0.29, 0.717) is 5.92 Å². The van der Waals surface area contributed by atoms with Crippen LogP contribution in [0.3, 0.4) is 0 Å². The standard InChI is InChI=1S/C16H25NO/c1-5-6-7-17(3)11-14-9-13-8-12(2)16(18-4)10-15(13)14/h8,10,14H,5-7,9,11H2,1-4H3/t14-/m1/s1. The summed E-state index contributed by atoms with van der Waals surface area (Å²) in [7, 11) is 3.99. The van der Waals surface area contributed by atoms with E-state index >= 15 is 0 Å². The Morgan fingerprint density at radius 1 is 1.39 bits per heavy atom. The van der Waals surface area contributed by atoms with Gasteiger partial charge in [-0.15, -0.1) is 0 Å². The maximum atomic E-state index is 5.42. The Kier molecular flexibility index (Phi) is 4.28. The van der Waals surface area contributed by atoms with Crippen LogP contribution in [0.1, 0.15) is 42.4 Å². The van der Waals surface area contributed by atoms with Gasteiger partial charge in [-0.3, -0.25) is 0 Å². The van der Waals surface area contributed by atoms with Crippen LogP contribution in [0.5, 0.6) is 5.75 Å². The fraction of sp³-hybridized carbons (Fsp3) is 0.625. The zero-order valence-electron chi connectivity index (χ0n) is 12.1. The van der Waals surface area contributed by atoms with Gasteiger partial charge in [0.05, 0.1) is 7.11 Å². The number of aryl methyl sites for hydroxylation is 1. The summed E-state index contributed by atoms with van der Waals surface area (Å²) in [4.78, 5) is 2.46. The Labute approximate surface area is 111 Å². The number of likely N-dealkylation sites (N-methyl/N-ethyl adjacent to an activating group) is 1. The van der Waals surface area contributed by atoms with Crippen molar-refractivity contribution in [3.63, 3.8) is 0 Å². The molecule has 0 fully saturated rings. The van der Waals surface area contributed by atoms with Gasteiger partial charge in [0.1, 0.15) is 5.75 Å². The Hall–Kier alpha value is -1.02. The Bertz CT molecular complexity index is 414. The van der Waals surface area contributed by atoms with Gasteiger partial charge < -0.3 is 9.64 Å². The van der Waals surface area contributed by atoms with E-state index in [1.54, 1.807) is 7.11 Å². The molecule has 0 N–H and O–H groups in total. The summed E-state index contributed by atoms with van der Waals surface area (Å²) in [5.74, 6) is 1.74. The number of rotatable bonds is 6. The molecule has 2 heteroatoms. The molecule has 0 unspecified atom stereocenters. The zero-order valence-corrected chi connectivity index (χ0v) is 12.1. The number of ether oxygens (including phenoxy) is 1. The molecule has 2 rings (SSSR count). The molecule has 1 aromatic carbocycles. The van der Waals surface area contributed by atoms with Crippen LogP contribution in [0.25, 0.3) is 0 Å². The molecule has 1 aromatic rings. The summed E-state index contributed by atoms with van der Waals surface area (Å²) in [5.41, 5.74) is 4.28. The lowest BCUT2D eigenvalue weighted by Gasteiger charge is -2.34. The minimum atomic E-state index is 0.705. The van der Waals surface area contributed by atoms with Crippen LogP contribution in [0.4, 0.5) is 0 Å². The number of hydrogen-bond acceptors (Lipinski definition) is 2. The van der Waals surface area contributed by atoms with Gasteiger partial charge in [0, 0.05) is 12.5 Å². The largest absolute Gasteiger partial charge is 0.496 e. The predicted octanol–water partition coefficient (Wildman–Crippen LogP) is 3.38. The lowest BCUT2D eigenvalue weighted by atomic mass is 9.76. The van der Waals surface area contributed by atoms with Gasteiger partial charge in [-0.2, -0.15) is 0 Å². The minimum absolute atomic E-state index is 0.705. The topological polar surface area (TPSA) is 12.5 Å². The van der Waals surface area contributed by atoms with Crippen molar-refractivity contribution >= 4 is 0 Å². The van der Waals surface area contributed by atoms with Crippen LogP contribution in [-0.4, -0.2) is 32.1 Å². The molecule has 0 saturated carbocycles. The van der Waals surface area contributed by atoms with Crippen LogP contribution >= 0.6 is 0 Å². The smallest absolute Gasteiger partial charge is 0.122 e. The Morgan fingerprint density at radius 2 is 2.17 bits per heavy atom. The fourth-order valence-corrected chi connectivity index (χ4v) is 2.84. The number of fused-ring (bicyclic) bond motifs is 1. The minimum Gasteiger partial charge on any atom is -0.496 e. The van der Waals surface area contributed by atoms with Crippen LogP contribution in [0, 0.1) is 6.92 Å². The van der Waals surface area contributed by atoms with Crippen LogP contribution in [-0.2, 0) is 6.42 Å². The molecule has 0 bridgehead atoms. The van der Waals surface area contributed by atoms with Crippen molar-refractivity contribution in [1.29, 1.82) is 0 Å². The molecule has 1 atom stereocenters. The average Bonchev–Trinajstić information content (AvgIpc) is 2.34. The van der Waals surface area contributed by atoms with Crippen LogP contribution < -0.4 is 4.74 Å². The molecular formula is C16H25NO. The second-order valence-electron chi connectivity index (χ2n) is 5.54. The quantitative estimate of drug-likeness (QED) is 0.764. The highest BCUT2D eigenvalue weighted by molar-refractivity contribution is 5.49. The van der Waals surface area contributed by atoms with Crippen LogP contribution in [0.2, 0.25) is 0 Å². The molecule has 0 spiro atoms. The molecule has 0 aromatic heterocycles. The monoisotopic (exact) mass is 247 g/mol. The SMILES string of the molecule is CCCCN(C)C[C@H]1Cc2cc(C)c(OC)cc21. The first-order valence-corrected chi connectivity index (χ1v) is 7.01. The number of hydrogen-bond donors (Lipinski definition) is 0. The van der Waals surface area contributed by atoms with Crippen molar-refractivity contribution in [3.8, 4) is 5.75 Å². The molecule has 0 radical (unpaired) electrons. The van der Waals surface area contributed by atoms with Gasteiger partial charge in [0.25, 0.3) is 0 Å². The number of benzene rings is 1. The maximum Gasteiger partial charge on any atom is 0.122 e. The lowest BCUT2D eigenvalue weighted by molar-refractivity contribution is 0.293. The summed E-state index contributed by atoms with van der Waals surface area (Å²) in [6, 6.07) is 4.53. The molecule has 2 nitrogen and oxygen atoms in total. The van der Waals surface area contributed by atoms with Gasteiger partial charge >= 0.3 is 0 Å². The normalized spacial score (nSPS) is 17.5. The molecule has 1 aliphatic rings. The van der Waals surface area contributed by atoms with Gasteiger partial charge in [-0.25, -0.2) is 0 Å². The first kappa shape index (κ1) is 13.4. The van der Waals surface area contributed by atoms with E-state index in [-0.39, 0.29) is 0 Å². The Balaban J connectivity index is 1.99. The molecule has 0 saturated heterocycles. The van der Waals surface area contributed by atoms with E-state index in [1.165, 1.54) is 49.0 Å². The molecule has 0 amide bonds. The average molecular weight is 247 g/mol. The summed E-state index contributed by atoms with van der Waals surface area (Å²) < 4.78 is 5.42. The lowest BCUT2D eigenvalue weighted by Crippen LogP contribution is -2.31. The summed E-state index contributed by atoms with van der Waals surface area (Å²) in [6.45, 7) is 6.77. The van der Waals surface area contributed by atoms with Crippen molar-refractivity contribution in [2.24, 2.45) is 0 Å². The third kappa shape index (κ3) is 2.69. The summed E-state index contributed by atoms with van der Waals surface area (Å²) in [5, 5.41) is 0. The van der Waals surface area contributed by atoms with Crippen molar-refractivity contribution in [3.05, 3.63) is 28.8 Å². The molecule has 100 valence electrons. The van der Waals surface area contributed by atoms with E-state index in [4.69, 9.17) is 4.74 Å². The van der Waals surface area contributed by atoms with E-state index in [2.05, 4.69) is 37.9 Å². The Morgan fingerprint density at radius 3 is 2.83 bits per heavy atom. The third-order valence-corrected chi connectivity index (χ3v) is 3.99. The van der Waals surface area contributed by atoms with Gasteiger partial charge in [0.2, 0.25) is 0 Å². The molecule has 0 aliphatic heterocycles. The predicted molar refractivity (Wildman–Crippen MR) is 76.6 cm³/mol. The molecule has 1 aliphatic carbocycles. The second-order valence-corrected chi connectivity index (χ2v) is 5.54. The molecule has 18 heavy (non-hydrogen) atoms. The number of nitrogens with zero attached hydrogens (tertiary/aromatic N) is 1. The number of methoxy groups -OCH3 is 1. The zero-order chi connectivity index (χ0) is 13.1. The summed E-state index contributed by atoms with van der Waals surface area (Å²) >= 11 is 0. The highest BCUT2D eigenvalue weighted by Gasteiger charge is 2.28. The first-order chi connectivity index (χ1) is 8.65. The van der Waals surface area contributed by atoms with Crippen LogP contribution in [0.15, 0.2) is 12.1 Å². The van der Waals surface area contributed by atoms with E-state index in [0.717, 1.165) is 5.75 Å². The first-order valence-electron chi connectivity index (χ1n) is 7.01. The molecular weight excluding hydrogens is 222 g/mol. The highest BCUT2D eigenvalue weighted by Crippen LogP contribution is 2.39. The molecule has 0 heterocycles. The van der Waals surface area contributed by atoms with E-state index in [1.807, 2.05) is 0 Å². The summed E-state index contributed by atoms with van der Waals surface area (Å²) in [6.07, 6.45) is 3.81. The van der Waals surface area contributed by atoms with E-state index in [9.17, 15) is 0 Å². The van der Waals surface area contributed by atoms with E-state index < -0.39 is 0 Å². The van der Waals surface area contributed by atoms with Gasteiger partial charge in [-0.05, 0) is 56.1 Å². The maximum absolute atomic E-state index is 5.42. The highest BCUT2D eigenvalue weighted by atomic mass is 16.5. The second kappa shape index (κ2) is 5.75.